The summed E-state index contributed by atoms with van der Waals surface area (Å²) in [5, 5.41) is 21.2. The molecule has 1 aromatic heterocycles. The lowest BCUT2D eigenvalue weighted by Gasteiger charge is -2.27. The molecule has 0 saturated carbocycles. The highest BCUT2D eigenvalue weighted by Crippen LogP contribution is 2.29. The van der Waals surface area contributed by atoms with Crippen LogP contribution in [0.1, 0.15) is 0 Å². The van der Waals surface area contributed by atoms with Crippen molar-refractivity contribution in [2.75, 3.05) is 48.0 Å². The minimum Gasteiger partial charge on any atom is -0.378 e. The van der Waals surface area contributed by atoms with Crippen LogP contribution in [-0.4, -0.2) is 58.5 Å². The number of carbonyl (C=O) groups is 1. The van der Waals surface area contributed by atoms with E-state index in [0.717, 1.165) is 29.6 Å². The second kappa shape index (κ2) is 11.0. The lowest BCUT2D eigenvalue weighted by molar-refractivity contribution is -0.113. The number of anilines is 2. The summed E-state index contributed by atoms with van der Waals surface area (Å²) in [6, 6.07) is 19.5. The zero-order chi connectivity index (χ0) is 22.2. The van der Waals surface area contributed by atoms with Crippen molar-refractivity contribution in [3.05, 3.63) is 54.6 Å². The molecule has 0 spiro atoms. The molecule has 1 N–H and O–H groups in total. The number of para-hydroxylation sites is 2. The molecule has 2 heterocycles. The van der Waals surface area contributed by atoms with Crippen LogP contribution in [0, 0.1) is 11.3 Å². The molecule has 1 amide bonds. The van der Waals surface area contributed by atoms with Gasteiger partial charge in [-0.25, -0.2) is 0 Å². The number of thioether (sulfide) groups is 2. The van der Waals surface area contributed by atoms with E-state index in [1.54, 1.807) is 0 Å². The molecule has 0 aliphatic carbocycles. The summed E-state index contributed by atoms with van der Waals surface area (Å²) in [4.78, 5) is 15.7. The number of nitrogens with one attached hydrogen (secondary N) is 1. The minimum absolute atomic E-state index is 0.143. The van der Waals surface area contributed by atoms with Crippen LogP contribution in [0.4, 0.5) is 11.6 Å². The van der Waals surface area contributed by atoms with Gasteiger partial charge < -0.3 is 15.0 Å². The Hall–Kier alpha value is -3.00. The van der Waals surface area contributed by atoms with Gasteiger partial charge in [-0.05, 0) is 24.3 Å². The number of amides is 1. The SMILES string of the molecule is N#CCSc1ccccc1NC(=O)CSc1nnc(N2CCOCC2)n1-c1ccccc1. The summed E-state index contributed by atoms with van der Waals surface area (Å²) in [6.07, 6.45) is 0. The normalized spacial score (nSPS) is 13.5. The van der Waals surface area contributed by atoms with Crippen LogP contribution in [0.2, 0.25) is 0 Å². The van der Waals surface area contributed by atoms with Crippen molar-refractivity contribution in [3.8, 4) is 11.8 Å². The van der Waals surface area contributed by atoms with Crippen molar-refractivity contribution in [1.82, 2.24) is 14.8 Å². The van der Waals surface area contributed by atoms with Crippen molar-refractivity contribution in [2.45, 2.75) is 10.1 Å². The predicted octanol–water partition coefficient (Wildman–Crippen LogP) is 3.45. The number of rotatable bonds is 8. The van der Waals surface area contributed by atoms with Crippen molar-refractivity contribution in [3.63, 3.8) is 0 Å². The van der Waals surface area contributed by atoms with Crippen LogP contribution in [-0.2, 0) is 9.53 Å². The average molecular weight is 467 g/mol. The van der Waals surface area contributed by atoms with Crippen molar-refractivity contribution >= 4 is 41.1 Å². The number of hydrogen-bond acceptors (Lipinski definition) is 8. The topological polar surface area (TPSA) is 96.1 Å². The standard InChI is InChI=1S/C22H22N6O2S2/c23-10-15-31-19-9-5-4-8-18(19)24-20(29)16-32-22-26-25-21(27-11-13-30-14-12-27)28(22)17-6-2-1-3-7-17/h1-9H,11-16H2,(H,24,29). The number of benzene rings is 2. The number of ether oxygens (including phenoxy) is 1. The van der Waals surface area contributed by atoms with Crippen LogP contribution in [0.25, 0.3) is 5.69 Å². The smallest absolute Gasteiger partial charge is 0.234 e. The van der Waals surface area contributed by atoms with Crippen LogP contribution < -0.4 is 10.2 Å². The first-order valence-electron chi connectivity index (χ1n) is 10.1. The molecule has 1 aliphatic rings. The van der Waals surface area contributed by atoms with Gasteiger partial charge in [0.25, 0.3) is 0 Å². The molecule has 0 radical (unpaired) electrons. The molecule has 10 heteroatoms. The summed E-state index contributed by atoms with van der Waals surface area (Å²) in [7, 11) is 0. The van der Waals surface area contributed by atoms with E-state index in [9.17, 15) is 4.79 Å². The molecule has 0 unspecified atom stereocenters. The van der Waals surface area contributed by atoms with E-state index in [4.69, 9.17) is 10.00 Å². The van der Waals surface area contributed by atoms with E-state index >= 15 is 0 Å². The second-order valence-electron chi connectivity index (χ2n) is 6.83. The molecular weight excluding hydrogens is 444 g/mol. The van der Waals surface area contributed by atoms with Gasteiger partial charge in [-0.2, -0.15) is 5.26 Å². The highest BCUT2D eigenvalue weighted by atomic mass is 32.2. The number of morpholine rings is 1. The Labute approximate surface area is 195 Å². The van der Waals surface area contributed by atoms with Crippen molar-refractivity contribution in [2.24, 2.45) is 0 Å². The third-order valence-electron chi connectivity index (χ3n) is 4.71. The largest absolute Gasteiger partial charge is 0.378 e. The number of nitriles is 1. The van der Waals surface area contributed by atoms with Gasteiger partial charge in [0.15, 0.2) is 5.16 Å². The van der Waals surface area contributed by atoms with E-state index in [1.165, 1.54) is 23.5 Å². The molecule has 0 bridgehead atoms. The molecule has 32 heavy (non-hydrogen) atoms. The second-order valence-corrected chi connectivity index (χ2v) is 8.79. The van der Waals surface area contributed by atoms with Crippen LogP contribution in [0.3, 0.4) is 0 Å². The third-order valence-corrected chi connectivity index (χ3v) is 6.58. The summed E-state index contributed by atoms with van der Waals surface area (Å²) in [5.74, 6) is 1.12. The predicted molar refractivity (Wildman–Crippen MR) is 127 cm³/mol. The van der Waals surface area contributed by atoms with Gasteiger partial charge >= 0.3 is 0 Å². The molecule has 4 rings (SSSR count). The van der Waals surface area contributed by atoms with E-state index < -0.39 is 0 Å². The minimum atomic E-state index is -0.143. The molecule has 1 fully saturated rings. The Bertz CT molecular complexity index is 1090. The first kappa shape index (κ1) is 22.2. The Morgan fingerprint density at radius 1 is 1.06 bits per heavy atom. The van der Waals surface area contributed by atoms with Gasteiger partial charge in [0.05, 0.1) is 42.2 Å². The summed E-state index contributed by atoms with van der Waals surface area (Å²) < 4.78 is 7.45. The van der Waals surface area contributed by atoms with Gasteiger partial charge in [-0.15, -0.1) is 22.0 Å². The van der Waals surface area contributed by atoms with Gasteiger partial charge in [0.2, 0.25) is 11.9 Å². The van der Waals surface area contributed by atoms with Crippen LogP contribution >= 0.6 is 23.5 Å². The molecular formula is C22H22N6O2S2. The number of nitrogens with zero attached hydrogens (tertiary/aromatic N) is 5. The average Bonchev–Trinajstić information content (AvgIpc) is 3.27. The van der Waals surface area contributed by atoms with Gasteiger partial charge in [0, 0.05) is 18.0 Å². The zero-order valence-corrected chi connectivity index (χ0v) is 18.9. The van der Waals surface area contributed by atoms with E-state index in [0.29, 0.717) is 29.8 Å². The number of carbonyl (C=O) groups excluding carboxylic acids is 1. The molecule has 0 atom stereocenters. The maximum absolute atomic E-state index is 12.7. The quantitative estimate of drug-likeness (QED) is 0.504. The van der Waals surface area contributed by atoms with Crippen molar-refractivity contribution in [1.29, 1.82) is 5.26 Å². The number of hydrogen-bond donors (Lipinski definition) is 1. The fraction of sp³-hybridized carbons (Fsp3) is 0.273. The molecule has 164 valence electrons. The number of aromatic nitrogens is 3. The zero-order valence-electron chi connectivity index (χ0n) is 17.3. The van der Waals surface area contributed by atoms with E-state index in [-0.39, 0.29) is 11.7 Å². The Kier molecular flexibility index (Phi) is 7.66. The first-order chi connectivity index (χ1) is 15.8. The Morgan fingerprint density at radius 2 is 1.81 bits per heavy atom. The third kappa shape index (κ3) is 5.43. The first-order valence-corrected chi connectivity index (χ1v) is 12.1. The molecule has 3 aromatic rings. The van der Waals surface area contributed by atoms with Gasteiger partial charge in [-0.1, -0.05) is 42.1 Å². The Balaban J connectivity index is 1.49. The maximum Gasteiger partial charge on any atom is 0.234 e. The van der Waals surface area contributed by atoms with Gasteiger partial charge in [-0.3, -0.25) is 9.36 Å². The molecule has 8 nitrogen and oxygen atoms in total. The van der Waals surface area contributed by atoms with Crippen molar-refractivity contribution < 1.29 is 9.53 Å². The fourth-order valence-electron chi connectivity index (χ4n) is 3.25. The van der Waals surface area contributed by atoms with Crippen LogP contribution in [0.15, 0.2) is 64.6 Å². The fourth-order valence-corrected chi connectivity index (χ4v) is 4.67. The highest BCUT2D eigenvalue weighted by molar-refractivity contribution is 8.00. The van der Waals surface area contributed by atoms with E-state index in [2.05, 4.69) is 26.5 Å². The Morgan fingerprint density at radius 3 is 2.59 bits per heavy atom. The molecule has 1 aliphatic heterocycles. The van der Waals surface area contributed by atoms with Gasteiger partial charge in [0.1, 0.15) is 0 Å². The monoisotopic (exact) mass is 466 g/mol. The maximum atomic E-state index is 12.7. The lowest BCUT2D eigenvalue weighted by Crippen LogP contribution is -2.37. The molecule has 2 aromatic carbocycles. The summed E-state index contributed by atoms with van der Waals surface area (Å²) in [5.41, 5.74) is 1.65. The highest BCUT2D eigenvalue weighted by Gasteiger charge is 2.22. The lowest BCUT2D eigenvalue weighted by atomic mass is 10.3. The van der Waals surface area contributed by atoms with Crippen LogP contribution in [0.5, 0.6) is 0 Å². The van der Waals surface area contributed by atoms with E-state index in [1.807, 2.05) is 59.2 Å². The molecule has 1 saturated heterocycles. The summed E-state index contributed by atoms with van der Waals surface area (Å²) >= 11 is 2.74. The summed E-state index contributed by atoms with van der Waals surface area (Å²) in [6.45, 7) is 2.78.